The molecule has 0 aliphatic heterocycles. The van der Waals surface area contributed by atoms with E-state index in [1.54, 1.807) is 18.3 Å². The van der Waals surface area contributed by atoms with Crippen LogP contribution in [0.5, 0.6) is 5.75 Å². The molecule has 1 unspecified atom stereocenters. The summed E-state index contributed by atoms with van der Waals surface area (Å²) in [6.07, 6.45) is -0.537. The Morgan fingerprint density at radius 1 is 1.11 bits per heavy atom. The predicted molar refractivity (Wildman–Crippen MR) is 131 cm³/mol. The number of hydrogen-bond acceptors (Lipinski definition) is 8. The molecule has 0 aliphatic rings. The standard InChI is InChI=1S/C25H26N4O5S/c1-3-33-21(25(31)32)13-17-4-10-20(11-5-17)34-14-23-16(2)12-22(35-23)18-6-8-19(9-7-18)24-26-28-29(15-30)27-24/h4-12,21,30H,3,13-15H2,1-2H3,(H,31,32). The molecule has 0 spiro atoms. The number of aryl methyl sites for hydroxylation is 1. The van der Waals surface area contributed by atoms with E-state index >= 15 is 0 Å². The summed E-state index contributed by atoms with van der Waals surface area (Å²) in [7, 11) is 0. The molecule has 2 aromatic heterocycles. The Hall–Kier alpha value is -3.60. The molecular formula is C25H26N4O5S. The second-order valence-electron chi connectivity index (χ2n) is 7.84. The molecule has 0 fully saturated rings. The van der Waals surface area contributed by atoms with Gasteiger partial charge < -0.3 is 19.7 Å². The van der Waals surface area contributed by atoms with Crippen LogP contribution in [0, 0.1) is 6.92 Å². The summed E-state index contributed by atoms with van der Waals surface area (Å²) in [4.78, 5) is 14.7. The van der Waals surface area contributed by atoms with E-state index in [4.69, 9.17) is 14.6 Å². The molecule has 2 heterocycles. The monoisotopic (exact) mass is 494 g/mol. The average Bonchev–Trinajstić information content (AvgIpc) is 3.50. The third-order valence-corrected chi connectivity index (χ3v) is 6.64. The van der Waals surface area contributed by atoms with Gasteiger partial charge in [0.2, 0.25) is 5.82 Å². The minimum atomic E-state index is -0.961. The Morgan fingerprint density at radius 3 is 2.46 bits per heavy atom. The van der Waals surface area contributed by atoms with E-state index in [2.05, 4.69) is 28.4 Å². The van der Waals surface area contributed by atoms with Crippen molar-refractivity contribution in [2.24, 2.45) is 0 Å². The first-order chi connectivity index (χ1) is 17.0. The Balaban J connectivity index is 1.38. The molecule has 2 aromatic carbocycles. The molecule has 1 atom stereocenters. The lowest BCUT2D eigenvalue weighted by Gasteiger charge is -2.13. The number of carbonyl (C=O) groups is 1. The molecule has 2 N–H and O–H groups in total. The van der Waals surface area contributed by atoms with E-state index in [9.17, 15) is 9.90 Å². The minimum absolute atomic E-state index is 0.311. The normalized spacial score (nSPS) is 12.0. The van der Waals surface area contributed by atoms with Gasteiger partial charge in [0.1, 0.15) is 12.4 Å². The van der Waals surface area contributed by atoms with E-state index in [0.29, 0.717) is 25.5 Å². The number of aromatic nitrogens is 4. The van der Waals surface area contributed by atoms with Gasteiger partial charge in [-0.05, 0) is 54.0 Å². The van der Waals surface area contributed by atoms with Crippen molar-refractivity contribution in [3.63, 3.8) is 0 Å². The maximum absolute atomic E-state index is 11.3. The highest BCUT2D eigenvalue weighted by Crippen LogP contribution is 2.33. The van der Waals surface area contributed by atoms with Crippen molar-refractivity contribution in [1.29, 1.82) is 0 Å². The molecular weight excluding hydrogens is 468 g/mol. The molecule has 0 amide bonds. The summed E-state index contributed by atoms with van der Waals surface area (Å²) in [5, 5.41) is 30.1. The van der Waals surface area contributed by atoms with Crippen molar-refractivity contribution >= 4 is 17.3 Å². The number of aliphatic hydroxyl groups excluding tert-OH is 1. The molecule has 0 saturated heterocycles. The summed E-state index contributed by atoms with van der Waals surface area (Å²) in [6.45, 7) is 4.33. The highest BCUT2D eigenvalue weighted by molar-refractivity contribution is 7.15. The van der Waals surface area contributed by atoms with Gasteiger partial charge in [-0.25, -0.2) is 4.79 Å². The van der Waals surface area contributed by atoms with Gasteiger partial charge in [0.15, 0.2) is 12.8 Å². The van der Waals surface area contributed by atoms with E-state index in [0.717, 1.165) is 42.6 Å². The Morgan fingerprint density at radius 2 is 1.83 bits per heavy atom. The van der Waals surface area contributed by atoms with E-state index in [-0.39, 0.29) is 6.73 Å². The SMILES string of the molecule is CCOC(Cc1ccc(OCc2sc(-c3ccc(-c4nnn(CO)n4)cc3)cc2C)cc1)C(=O)O. The number of aliphatic carboxylic acids is 1. The Labute approximate surface area is 206 Å². The number of nitrogens with zero attached hydrogens (tertiary/aromatic N) is 4. The summed E-state index contributed by atoms with van der Waals surface area (Å²) >= 11 is 1.67. The molecule has 35 heavy (non-hydrogen) atoms. The van der Waals surface area contributed by atoms with Gasteiger partial charge in [-0.1, -0.05) is 36.4 Å². The summed E-state index contributed by atoms with van der Waals surface area (Å²) in [5.41, 5.74) is 3.93. The van der Waals surface area contributed by atoms with Crippen molar-refractivity contribution in [3.8, 4) is 27.6 Å². The van der Waals surface area contributed by atoms with Crippen molar-refractivity contribution in [1.82, 2.24) is 20.2 Å². The summed E-state index contributed by atoms with van der Waals surface area (Å²) in [6, 6.07) is 17.5. The fourth-order valence-corrected chi connectivity index (χ4v) is 4.60. The largest absolute Gasteiger partial charge is 0.488 e. The number of rotatable bonds is 11. The number of carboxylic acid groups (broad SMARTS) is 1. The maximum atomic E-state index is 11.3. The van der Waals surface area contributed by atoms with Crippen LogP contribution in [0.15, 0.2) is 54.6 Å². The number of benzene rings is 2. The van der Waals surface area contributed by atoms with Crippen molar-refractivity contribution in [2.75, 3.05) is 6.61 Å². The molecule has 0 saturated carbocycles. The molecule has 0 radical (unpaired) electrons. The van der Waals surface area contributed by atoms with Gasteiger partial charge in [-0.3, -0.25) is 0 Å². The lowest BCUT2D eigenvalue weighted by molar-refractivity contribution is -0.149. The quantitative estimate of drug-likeness (QED) is 0.322. The van der Waals surface area contributed by atoms with Crippen LogP contribution in [0.1, 0.15) is 22.9 Å². The van der Waals surface area contributed by atoms with Crippen LogP contribution < -0.4 is 4.74 Å². The zero-order valence-electron chi connectivity index (χ0n) is 19.4. The van der Waals surface area contributed by atoms with E-state index in [1.165, 1.54) is 0 Å². The van der Waals surface area contributed by atoms with Gasteiger partial charge >= 0.3 is 5.97 Å². The lowest BCUT2D eigenvalue weighted by atomic mass is 10.1. The third-order valence-electron chi connectivity index (χ3n) is 5.39. The van der Waals surface area contributed by atoms with Crippen LogP contribution in [0.3, 0.4) is 0 Å². The van der Waals surface area contributed by atoms with Crippen molar-refractivity contribution in [3.05, 3.63) is 70.6 Å². The van der Waals surface area contributed by atoms with Gasteiger partial charge in [-0.15, -0.1) is 26.3 Å². The second kappa shape index (κ2) is 11.2. The van der Waals surface area contributed by atoms with Crippen molar-refractivity contribution < 1.29 is 24.5 Å². The van der Waals surface area contributed by atoms with Crippen LogP contribution in [0.4, 0.5) is 0 Å². The Bertz CT molecular complexity index is 1270. The van der Waals surface area contributed by atoms with Crippen LogP contribution >= 0.6 is 11.3 Å². The van der Waals surface area contributed by atoms with Gasteiger partial charge in [0, 0.05) is 28.3 Å². The fourth-order valence-electron chi connectivity index (χ4n) is 3.51. The van der Waals surface area contributed by atoms with Gasteiger partial charge in [0.05, 0.1) is 0 Å². The van der Waals surface area contributed by atoms with Crippen LogP contribution in [-0.2, 0) is 29.3 Å². The third kappa shape index (κ3) is 6.10. The Kier molecular flexibility index (Phi) is 7.86. The molecule has 0 bridgehead atoms. The molecule has 4 rings (SSSR count). The van der Waals surface area contributed by atoms with E-state index < -0.39 is 12.1 Å². The zero-order valence-corrected chi connectivity index (χ0v) is 20.2. The maximum Gasteiger partial charge on any atom is 0.333 e. The van der Waals surface area contributed by atoms with E-state index in [1.807, 2.05) is 48.5 Å². The predicted octanol–water partition coefficient (Wildman–Crippen LogP) is 3.94. The first-order valence-corrected chi connectivity index (χ1v) is 11.9. The van der Waals surface area contributed by atoms with Crippen LogP contribution in [0.25, 0.3) is 21.8 Å². The smallest absolute Gasteiger partial charge is 0.333 e. The van der Waals surface area contributed by atoms with Gasteiger partial charge in [-0.2, -0.15) is 0 Å². The van der Waals surface area contributed by atoms with Crippen LogP contribution in [-0.4, -0.2) is 49.1 Å². The van der Waals surface area contributed by atoms with Crippen LogP contribution in [0.2, 0.25) is 0 Å². The molecule has 10 heteroatoms. The van der Waals surface area contributed by atoms with Gasteiger partial charge in [0.25, 0.3) is 0 Å². The first kappa shape index (κ1) is 24.5. The number of ether oxygens (including phenoxy) is 2. The number of carboxylic acids is 1. The highest BCUT2D eigenvalue weighted by atomic mass is 32.1. The number of aliphatic hydroxyl groups is 1. The molecule has 4 aromatic rings. The molecule has 182 valence electrons. The summed E-state index contributed by atoms with van der Waals surface area (Å²) in [5.74, 6) is 0.223. The number of tetrazole rings is 1. The average molecular weight is 495 g/mol. The molecule has 9 nitrogen and oxygen atoms in total. The first-order valence-electron chi connectivity index (χ1n) is 11.1. The zero-order chi connectivity index (χ0) is 24.8. The lowest BCUT2D eigenvalue weighted by Crippen LogP contribution is -2.26. The minimum Gasteiger partial charge on any atom is -0.488 e. The second-order valence-corrected chi connectivity index (χ2v) is 8.98. The number of hydrogen-bond donors (Lipinski definition) is 2. The highest BCUT2D eigenvalue weighted by Gasteiger charge is 2.18. The molecule has 0 aliphatic carbocycles. The number of thiophene rings is 1. The van der Waals surface area contributed by atoms with Crippen molar-refractivity contribution in [2.45, 2.75) is 39.7 Å². The topological polar surface area (TPSA) is 120 Å². The fraction of sp³-hybridized carbons (Fsp3) is 0.280. The summed E-state index contributed by atoms with van der Waals surface area (Å²) < 4.78 is 11.3.